The predicted octanol–water partition coefficient (Wildman–Crippen LogP) is 3.61. The van der Waals surface area contributed by atoms with Crippen molar-refractivity contribution in [2.45, 2.75) is 76.4 Å². The van der Waals surface area contributed by atoms with Gasteiger partial charge in [-0.3, -0.25) is 9.59 Å². The Morgan fingerprint density at radius 3 is 2.48 bits per heavy atom. The van der Waals surface area contributed by atoms with Crippen LogP contribution in [-0.4, -0.2) is 23.8 Å². The first-order valence-electron chi connectivity index (χ1n) is 9.67. The minimum atomic E-state index is 0.0435. The van der Waals surface area contributed by atoms with Gasteiger partial charge in [-0.2, -0.15) is 0 Å². The number of ether oxygens (including phenoxy) is 1. The lowest BCUT2D eigenvalue weighted by Crippen LogP contribution is -2.54. The van der Waals surface area contributed by atoms with Gasteiger partial charge in [0.25, 0.3) is 0 Å². The average Bonchev–Trinajstić information content (AvgIpc) is 2.58. The molecule has 1 aliphatic heterocycles. The summed E-state index contributed by atoms with van der Waals surface area (Å²) in [6.45, 7) is 0. The summed E-state index contributed by atoms with van der Waals surface area (Å²) in [7, 11) is 0. The van der Waals surface area contributed by atoms with Gasteiger partial charge in [0.05, 0.1) is 12.2 Å². The van der Waals surface area contributed by atoms with Gasteiger partial charge in [0, 0.05) is 30.6 Å². The third-order valence-electron chi connectivity index (χ3n) is 7.28. The Kier molecular flexibility index (Phi) is 3.30. The van der Waals surface area contributed by atoms with E-state index in [4.69, 9.17) is 4.74 Å². The highest BCUT2D eigenvalue weighted by Gasteiger charge is 2.55. The molecule has 3 nitrogen and oxygen atoms in total. The maximum absolute atomic E-state index is 13.1. The Hall–Kier alpha value is -0.960. The standard InChI is InChI=1S/C20H26O3/c21-11-8-9-14-17(10-11)23-16-7-3-6-15-19(16)18(14)12-4-1-2-5-13(12)20(15)22/h12-13,15-17,19H,1-10H2/t12-,13-,15+,16+,17-,19+/m0/s1. The first-order chi connectivity index (χ1) is 11.2. The molecule has 0 unspecified atom stereocenters. The number of rotatable bonds is 0. The van der Waals surface area contributed by atoms with E-state index in [1.54, 1.807) is 5.57 Å². The topological polar surface area (TPSA) is 43.4 Å². The lowest BCUT2D eigenvalue weighted by Gasteiger charge is -2.54. The Labute approximate surface area is 137 Å². The highest BCUT2D eigenvalue weighted by atomic mass is 16.5. The van der Waals surface area contributed by atoms with Crippen LogP contribution in [0.3, 0.4) is 0 Å². The van der Waals surface area contributed by atoms with E-state index in [0.717, 1.165) is 32.1 Å². The van der Waals surface area contributed by atoms with E-state index in [0.29, 0.717) is 36.2 Å². The molecule has 124 valence electrons. The maximum Gasteiger partial charge on any atom is 0.140 e. The molecule has 5 aliphatic rings. The molecule has 0 aromatic heterocycles. The Morgan fingerprint density at radius 2 is 1.61 bits per heavy atom. The SMILES string of the molecule is O=C1CCC2=C3[C@H]4[C@@H](CCC[C@H]4C(=O)[C@H]4CCCC[C@H]34)O[C@H]2C1. The Balaban J connectivity index is 1.64. The minimum absolute atomic E-state index is 0.0435. The van der Waals surface area contributed by atoms with Crippen LogP contribution in [0, 0.1) is 23.7 Å². The quantitative estimate of drug-likeness (QED) is 0.642. The second kappa shape index (κ2) is 5.27. The van der Waals surface area contributed by atoms with Crippen molar-refractivity contribution < 1.29 is 14.3 Å². The number of carbonyl (C=O) groups is 2. The summed E-state index contributed by atoms with van der Waals surface area (Å²) in [5.74, 6) is 2.25. The summed E-state index contributed by atoms with van der Waals surface area (Å²) in [6, 6.07) is 0. The molecule has 0 amide bonds. The van der Waals surface area contributed by atoms with Crippen LogP contribution >= 0.6 is 0 Å². The lowest BCUT2D eigenvalue weighted by atomic mass is 9.53. The monoisotopic (exact) mass is 314 g/mol. The molecule has 0 radical (unpaired) electrons. The van der Waals surface area contributed by atoms with Gasteiger partial charge in [-0.25, -0.2) is 0 Å². The normalized spacial score (nSPS) is 46.1. The molecule has 3 heteroatoms. The minimum Gasteiger partial charge on any atom is -0.370 e. The zero-order valence-corrected chi connectivity index (χ0v) is 13.8. The second-order valence-corrected chi connectivity index (χ2v) is 8.35. The fraction of sp³-hybridized carbons (Fsp3) is 0.800. The molecular formula is C20H26O3. The van der Waals surface area contributed by atoms with Gasteiger partial charge in [0.1, 0.15) is 11.6 Å². The highest BCUT2D eigenvalue weighted by Crippen LogP contribution is 2.56. The van der Waals surface area contributed by atoms with Crippen molar-refractivity contribution in [3.63, 3.8) is 0 Å². The number of Topliss-reactive ketones (excluding diaryl/α,β-unsaturated/α-hetero) is 2. The van der Waals surface area contributed by atoms with Crippen LogP contribution in [0.4, 0.5) is 0 Å². The van der Waals surface area contributed by atoms with Gasteiger partial charge in [-0.1, -0.05) is 24.8 Å². The summed E-state index contributed by atoms with van der Waals surface area (Å²) < 4.78 is 6.40. The van der Waals surface area contributed by atoms with Crippen LogP contribution in [0.2, 0.25) is 0 Å². The molecule has 1 heterocycles. The molecular weight excluding hydrogens is 288 g/mol. The van der Waals surface area contributed by atoms with Crippen LogP contribution < -0.4 is 0 Å². The molecule has 5 rings (SSSR count). The molecule has 4 fully saturated rings. The highest BCUT2D eigenvalue weighted by molar-refractivity contribution is 5.87. The summed E-state index contributed by atoms with van der Waals surface area (Å²) in [4.78, 5) is 25.0. The van der Waals surface area contributed by atoms with Crippen molar-refractivity contribution in [1.29, 1.82) is 0 Å². The van der Waals surface area contributed by atoms with Gasteiger partial charge in [0.15, 0.2) is 0 Å². The van der Waals surface area contributed by atoms with Gasteiger partial charge < -0.3 is 4.74 Å². The molecule has 0 N–H and O–H groups in total. The van der Waals surface area contributed by atoms with Crippen molar-refractivity contribution in [3.05, 3.63) is 11.1 Å². The van der Waals surface area contributed by atoms with Crippen molar-refractivity contribution in [1.82, 2.24) is 0 Å². The largest absolute Gasteiger partial charge is 0.370 e. The van der Waals surface area contributed by atoms with Gasteiger partial charge >= 0.3 is 0 Å². The van der Waals surface area contributed by atoms with E-state index in [9.17, 15) is 9.59 Å². The smallest absolute Gasteiger partial charge is 0.140 e. The Bertz CT molecular complexity index is 590. The van der Waals surface area contributed by atoms with E-state index in [1.807, 2.05) is 0 Å². The van der Waals surface area contributed by atoms with Gasteiger partial charge in [0.2, 0.25) is 0 Å². The summed E-state index contributed by atoms with van der Waals surface area (Å²) >= 11 is 0. The average molecular weight is 314 g/mol. The molecule has 0 aromatic rings. The van der Waals surface area contributed by atoms with Crippen LogP contribution in [-0.2, 0) is 14.3 Å². The van der Waals surface area contributed by atoms with E-state index in [2.05, 4.69) is 0 Å². The fourth-order valence-electron chi connectivity index (χ4n) is 6.40. The van der Waals surface area contributed by atoms with Crippen LogP contribution in [0.15, 0.2) is 11.1 Å². The second-order valence-electron chi connectivity index (χ2n) is 8.35. The van der Waals surface area contributed by atoms with Crippen molar-refractivity contribution in [2.75, 3.05) is 0 Å². The number of hydrogen-bond donors (Lipinski definition) is 0. The van der Waals surface area contributed by atoms with Crippen molar-refractivity contribution in [3.8, 4) is 0 Å². The first-order valence-corrected chi connectivity index (χ1v) is 9.67. The van der Waals surface area contributed by atoms with E-state index in [-0.39, 0.29) is 24.0 Å². The van der Waals surface area contributed by atoms with Crippen LogP contribution in [0.1, 0.15) is 64.2 Å². The molecule has 6 atom stereocenters. The van der Waals surface area contributed by atoms with E-state index >= 15 is 0 Å². The predicted molar refractivity (Wildman–Crippen MR) is 85.8 cm³/mol. The lowest BCUT2D eigenvalue weighted by molar-refractivity contribution is -0.147. The fourth-order valence-corrected chi connectivity index (χ4v) is 6.40. The zero-order valence-electron chi connectivity index (χ0n) is 13.8. The summed E-state index contributed by atoms with van der Waals surface area (Å²) in [6.07, 6.45) is 10.4. The first kappa shape index (κ1) is 14.4. The number of ketones is 2. The number of carbonyl (C=O) groups excluding carboxylic acids is 2. The third kappa shape index (κ3) is 2.05. The molecule has 23 heavy (non-hydrogen) atoms. The molecule has 4 aliphatic carbocycles. The van der Waals surface area contributed by atoms with Crippen LogP contribution in [0.25, 0.3) is 0 Å². The molecule has 4 saturated carbocycles. The third-order valence-corrected chi connectivity index (χ3v) is 7.28. The Morgan fingerprint density at radius 1 is 0.826 bits per heavy atom. The molecule has 0 spiro atoms. The molecule has 0 bridgehead atoms. The number of hydrogen-bond acceptors (Lipinski definition) is 3. The maximum atomic E-state index is 13.1. The van der Waals surface area contributed by atoms with Crippen molar-refractivity contribution >= 4 is 11.6 Å². The van der Waals surface area contributed by atoms with Gasteiger partial charge in [-0.15, -0.1) is 0 Å². The van der Waals surface area contributed by atoms with Gasteiger partial charge in [-0.05, 0) is 43.6 Å². The molecule has 0 saturated heterocycles. The van der Waals surface area contributed by atoms with E-state index < -0.39 is 0 Å². The summed E-state index contributed by atoms with van der Waals surface area (Å²) in [5, 5.41) is 0. The van der Waals surface area contributed by atoms with Crippen LogP contribution in [0.5, 0.6) is 0 Å². The summed E-state index contributed by atoms with van der Waals surface area (Å²) in [5.41, 5.74) is 3.06. The number of fused-ring (bicyclic) bond motifs is 3. The molecule has 0 aromatic carbocycles. The van der Waals surface area contributed by atoms with E-state index in [1.165, 1.54) is 24.8 Å². The van der Waals surface area contributed by atoms with Crippen molar-refractivity contribution in [2.24, 2.45) is 23.7 Å². The zero-order chi connectivity index (χ0) is 15.6.